The van der Waals surface area contributed by atoms with Gasteiger partial charge in [0.2, 0.25) is 5.91 Å². The van der Waals surface area contributed by atoms with Gasteiger partial charge >= 0.3 is 0 Å². The second kappa shape index (κ2) is 8.13. The van der Waals surface area contributed by atoms with Gasteiger partial charge in [-0.1, -0.05) is 29.1 Å². The molecule has 3 rings (SSSR count). The van der Waals surface area contributed by atoms with Crippen molar-refractivity contribution in [2.75, 3.05) is 0 Å². The summed E-state index contributed by atoms with van der Waals surface area (Å²) in [6, 6.07) is 2.86. The van der Waals surface area contributed by atoms with Crippen LogP contribution in [0, 0.1) is 5.82 Å². The number of carbonyl (C=O) groups is 2. The number of halogens is 2. The lowest BCUT2D eigenvalue weighted by atomic mass is 9.98. The highest BCUT2D eigenvalue weighted by Gasteiger charge is 2.44. The molecule has 2 aromatic rings. The smallest absolute Gasteiger partial charge is 0.276 e. The molecule has 1 saturated carbocycles. The third-order valence-corrected chi connectivity index (χ3v) is 5.73. The lowest BCUT2D eigenvalue weighted by Crippen LogP contribution is -2.51. The number of nitrogens with one attached hydrogen (secondary N) is 1. The van der Waals surface area contributed by atoms with Crippen LogP contribution in [0.4, 0.5) is 4.39 Å². The average Bonchev–Trinajstić information content (AvgIpc) is 3.31. The van der Waals surface area contributed by atoms with E-state index in [1.165, 1.54) is 28.5 Å². The van der Waals surface area contributed by atoms with Gasteiger partial charge in [-0.3, -0.25) is 9.59 Å². The number of hydrogen-bond donors (Lipinski definition) is 1. The first kappa shape index (κ1) is 20.7. The predicted molar refractivity (Wildman–Crippen MR) is 106 cm³/mol. The highest BCUT2D eigenvalue weighted by Crippen LogP contribution is 2.39. The molecule has 0 bridgehead atoms. The van der Waals surface area contributed by atoms with Gasteiger partial charge in [-0.2, -0.15) is 0 Å². The number of benzene rings is 1. The average molecular weight is 425 g/mol. The van der Waals surface area contributed by atoms with E-state index in [1.807, 2.05) is 20.8 Å². The Morgan fingerprint density at radius 2 is 2.14 bits per heavy atom. The summed E-state index contributed by atoms with van der Waals surface area (Å²) in [5, 5.41) is 8.39. The van der Waals surface area contributed by atoms with E-state index in [-0.39, 0.29) is 22.3 Å². The quantitative estimate of drug-likeness (QED) is 0.729. The molecule has 1 aromatic carbocycles. The molecule has 28 heavy (non-hydrogen) atoms. The maximum absolute atomic E-state index is 14.8. The fourth-order valence-electron chi connectivity index (χ4n) is 2.90. The van der Waals surface area contributed by atoms with Gasteiger partial charge in [0, 0.05) is 27.5 Å². The van der Waals surface area contributed by atoms with Crippen LogP contribution in [0.5, 0.6) is 0 Å². The van der Waals surface area contributed by atoms with Crippen molar-refractivity contribution < 1.29 is 14.0 Å². The zero-order valence-electron chi connectivity index (χ0n) is 15.9. The van der Waals surface area contributed by atoms with Crippen molar-refractivity contribution >= 4 is 34.9 Å². The Balaban J connectivity index is 2.09. The van der Waals surface area contributed by atoms with Crippen molar-refractivity contribution in [3.05, 3.63) is 45.7 Å². The van der Waals surface area contributed by atoms with Crippen molar-refractivity contribution in [2.24, 2.45) is 0 Å². The fraction of sp³-hybridized carbons (Fsp3) is 0.474. The van der Waals surface area contributed by atoms with Crippen LogP contribution in [-0.2, 0) is 4.79 Å². The molecule has 9 heteroatoms. The maximum Gasteiger partial charge on any atom is 0.276 e. The highest BCUT2D eigenvalue weighted by molar-refractivity contribution is 7.03. The summed E-state index contributed by atoms with van der Waals surface area (Å²) >= 11 is 7.33. The van der Waals surface area contributed by atoms with Crippen LogP contribution in [0.25, 0.3) is 0 Å². The molecule has 0 spiro atoms. The number of amides is 2. The minimum atomic E-state index is -1.19. The molecule has 0 unspecified atom stereocenters. The topological polar surface area (TPSA) is 75.2 Å². The standard InChI is InChI=1S/C19H22ClFN4O2S/c1-4-19(2,3)22-17(26)16(15-12(20)6-5-7-13(15)21)25(11-8-9-11)18(27)14-10-28-24-23-14/h5-7,10-11,16H,4,8-9H2,1-3H3,(H,22,26)/t16-/m0/s1. The largest absolute Gasteiger partial charge is 0.349 e. The summed E-state index contributed by atoms with van der Waals surface area (Å²) < 4.78 is 18.5. The van der Waals surface area contributed by atoms with Crippen LogP contribution < -0.4 is 5.32 Å². The number of aromatic nitrogens is 2. The Bertz CT molecular complexity index is 851. The Labute approximate surface area is 172 Å². The minimum Gasteiger partial charge on any atom is -0.349 e. The summed E-state index contributed by atoms with van der Waals surface area (Å²) in [6.07, 6.45) is 2.14. The third-order valence-electron chi connectivity index (χ3n) is 4.90. The molecule has 1 atom stereocenters. The van der Waals surface area contributed by atoms with Gasteiger partial charge in [-0.05, 0) is 56.8 Å². The van der Waals surface area contributed by atoms with Gasteiger partial charge in [0.25, 0.3) is 5.91 Å². The molecule has 1 N–H and O–H groups in total. The summed E-state index contributed by atoms with van der Waals surface area (Å²) in [5.41, 5.74) is -0.387. The van der Waals surface area contributed by atoms with E-state index in [0.717, 1.165) is 24.4 Å². The van der Waals surface area contributed by atoms with E-state index in [4.69, 9.17) is 11.6 Å². The fourth-order valence-corrected chi connectivity index (χ4v) is 3.59. The Kier molecular flexibility index (Phi) is 6.00. The molecule has 6 nitrogen and oxygen atoms in total. The van der Waals surface area contributed by atoms with Crippen LogP contribution >= 0.6 is 23.1 Å². The summed E-state index contributed by atoms with van der Waals surface area (Å²) in [7, 11) is 0. The molecule has 0 saturated heterocycles. The molecule has 150 valence electrons. The summed E-state index contributed by atoms with van der Waals surface area (Å²) in [6.45, 7) is 5.69. The lowest BCUT2D eigenvalue weighted by molar-refractivity contribution is -0.128. The molecule has 1 fully saturated rings. The van der Waals surface area contributed by atoms with E-state index < -0.39 is 29.2 Å². The molecule has 1 aromatic heterocycles. The third kappa shape index (κ3) is 4.33. The zero-order chi connectivity index (χ0) is 20.5. The van der Waals surface area contributed by atoms with Gasteiger partial charge in [0.1, 0.15) is 11.9 Å². The normalized spacial score (nSPS) is 15.2. The monoisotopic (exact) mass is 424 g/mol. The summed E-state index contributed by atoms with van der Waals surface area (Å²) in [4.78, 5) is 27.9. The van der Waals surface area contributed by atoms with Gasteiger partial charge in [-0.25, -0.2) is 4.39 Å². The minimum absolute atomic E-state index is 0.00277. The van der Waals surface area contributed by atoms with Crippen LogP contribution in [0.3, 0.4) is 0 Å². The predicted octanol–water partition coefficient (Wildman–Crippen LogP) is 3.98. The van der Waals surface area contributed by atoms with Gasteiger partial charge in [0.15, 0.2) is 5.69 Å². The molecule has 0 radical (unpaired) electrons. The number of rotatable bonds is 7. The molecular formula is C19H22ClFN4O2S. The van der Waals surface area contributed by atoms with E-state index in [9.17, 15) is 14.0 Å². The van der Waals surface area contributed by atoms with Crippen molar-refractivity contribution in [3.8, 4) is 0 Å². The molecule has 1 heterocycles. The first-order valence-electron chi connectivity index (χ1n) is 9.11. The zero-order valence-corrected chi connectivity index (χ0v) is 17.5. The second-order valence-corrected chi connectivity index (χ2v) is 8.52. The van der Waals surface area contributed by atoms with Gasteiger partial charge in [-0.15, -0.1) is 5.10 Å². The van der Waals surface area contributed by atoms with Gasteiger partial charge in [0.05, 0.1) is 0 Å². The Hall–Kier alpha value is -2.06. The van der Waals surface area contributed by atoms with E-state index in [0.29, 0.717) is 6.42 Å². The number of carbonyl (C=O) groups excluding carboxylic acids is 2. The molecule has 2 amide bonds. The number of hydrogen-bond acceptors (Lipinski definition) is 5. The van der Waals surface area contributed by atoms with Crippen LogP contribution in [-0.4, -0.2) is 37.9 Å². The van der Waals surface area contributed by atoms with Gasteiger partial charge < -0.3 is 10.2 Å². The summed E-state index contributed by atoms with van der Waals surface area (Å²) in [5.74, 6) is -1.55. The Morgan fingerprint density at radius 3 is 2.68 bits per heavy atom. The first-order chi connectivity index (χ1) is 13.2. The lowest BCUT2D eigenvalue weighted by Gasteiger charge is -2.34. The molecular weight excluding hydrogens is 403 g/mol. The van der Waals surface area contributed by atoms with Crippen molar-refractivity contribution in [2.45, 2.75) is 57.7 Å². The number of nitrogens with zero attached hydrogens (tertiary/aromatic N) is 3. The van der Waals surface area contributed by atoms with Crippen molar-refractivity contribution in [1.29, 1.82) is 0 Å². The Morgan fingerprint density at radius 1 is 1.43 bits per heavy atom. The van der Waals surface area contributed by atoms with E-state index >= 15 is 0 Å². The molecule has 0 aliphatic heterocycles. The van der Waals surface area contributed by atoms with Crippen molar-refractivity contribution in [1.82, 2.24) is 19.8 Å². The highest BCUT2D eigenvalue weighted by atomic mass is 35.5. The van der Waals surface area contributed by atoms with E-state index in [1.54, 1.807) is 0 Å². The second-order valence-electron chi connectivity index (χ2n) is 7.50. The van der Waals surface area contributed by atoms with Crippen LogP contribution in [0.1, 0.15) is 62.1 Å². The SMILES string of the molecule is CCC(C)(C)NC(=O)[C@H](c1c(F)cccc1Cl)N(C(=O)c1csnn1)C1CC1. The van der Waals surface area contributed by atoms with Crippen LogP contribution in [0.15, 0.2) is 23.6 Å². The van der Waals surface area contributed by atoms with Crippen LogP contribution in [0.2, 0.25) is 5.02 Å². The van der Waals surface area contributed by atoms with Crippen molar-refractivity contribution in [3.63, 3.8) is 0 Å². The molecule has 1 aliphatic rings. The maximum atomic E-state index is 14.8. The molecule has 1 aliphatic carbocycles. The van der Waals surface area contributed by atoms with E-state index in [2.05, 4.69) is 14.9 Å². The first-order valence-corrected chi connectivity index (χ1v) is 10.3.